The molecule has 1 saturated heterocycles. The standard InChI is InChI=1S/C26H30N2O7S/c1-5-16-35-20-11-7-18(8-12-20)23-22(25(30)26(31)28(23)15-6-17-34-4)24(29)19-9-13-21(14-10-19)36(32,33)27(2)3/h5,7-14,23,29H,1,6,15-17H2,2-4H3/t23-/m1/s1. The lowest BCUT2D eigenvalue weighted by atomic mass is 9.95. The Morgan fingerprint density at radius 2 is 1.75 bits per heavy atom. The van der Waals surface area contributed by atoms with Gasteiger partial charge in [-0.2, -0.15) is 0 Å². The number of hydrogen-bond acceptors (Lipinski definition) is 7. The largest absolute Gasteiger partial charge is 0.507 e. The van der Waals surface area contributed by atoms with E-state index in [1.807, 2.05) is 0 Å². The van der Waals surface area contributed by atoms with E-state index in [2.05, 4.69) is 6.58 Å². The summed E-state index contributed by atoms with van der Waals surface area (Å²) in [6.45, 7) is 4.58. The van der Waals surface area contributed by atoms with Crippen LogP contribution in [-0.4, -0.2) is 75.4 Å². The van der Waals surface area contributed by atoms with Crippen molar-refractivity contribution < 1.29 is 32.6 Å². The lowest BCUT2D eigenvalue weighted by molar-refractivity contribution is -0.140. The van der Waals surface area contributed by atoms with E-state index in [9.17, 15) is 23.1 Å². The second-order valence-corrected chi connectivity index (χ2v) is 10.5. The molecule has 0 aliphatic carbocycles. The predicted molar refractivity (Wildman–Crippen MR) is 135 cm³/mol. The number of Topliss-reactive ketones (excluding diaryl/α,β-unsaturated/α-hetero) is 1. The zero-order chi connectivity index (χ0) is 26.5. The molecule has 1 atom stereocenters. The van der Waals surface area contributed by atoms with Crippen molar-refractivity contribution >= 4 is 27.5 Å². The van der Waals surface area contributed by atoms with E-state index < -0.39 is 27.8 Å². The summed E-state index contributed by atoms with van der Waals surface area (Å²) in [5, 5.41) is 11.2. The van der Waals surface area contributed by atoms with E-state index in [1.54, 1.807) is 37.5 Å². The fourth-order valence-electron chi connectivity index (χ4n) is 3.89. The van der Waals surface area contributed by atoms with Crippen molar-refractivity contribution in [1.29, 1.82) is 0 Å². The third kappa shape index (κ3) is 5.51. The van der Waals surface area contributed by atoms with Gasteiger partial charge in [-0.1, -0.05) is 24.8 Å². The van der Waals surface area contributed by atoms with Crippen LogP contribution in [0.15, 0.2) is 71.7 Å². The molecular formula is C26H30N2O7S. The molecule has 1 fully saturated rings. The summed E-state index contributed by atoms with van der Waals surface area (Å²) in [5.41, 5.74) is 0.768. The molecule has 1 amide bonds. The number of aliphatic hydroxyl groups is 1. The van der Waals surface area contributed by atoms with Crippen LogP contribution in [-0.2, 0) is 24.3 Å². The minimum absolute atomic E-state index is 0.0377. The van der Waals surface area contributed by atoms with Gasteiger partial charge in [0, 0.05) is 39.9 Å². The van der Waals surface area contributed by atoms with Gasteiger partial charge in [0.2, 0.25) is 10.0 Å². The fourth-order valence-corrected chi connectivity index (χ4v) is 4.79. The van der Waals surface area contributed by atoms with Crippen LogP contribution in [0.1, 0.15) is 23.6 Å². The van der Waals surface area contributed by atoms with Gasteiger partial charge in [-0.25, -0.2) is 12.7 Å². The van der Waals surface area contributed by atoms with Gasteiger partial charge in [0.25, 0.3) is 11.7 Å². The molecule has 0 aromatic heterocycles. The van der Waals surface area contributed by atoms with Crippen LogP contribution in [0.25, 0.3) is 5.76 Å². The zero-order valence-electron chi connectivity index (χ0n) is 20.5. The number of methoxy groups -OCH3 is 1. The van der Waals surface area contributed by atoms with E-state index >= 15 is 0 Å². The maximum absolute atomic E-state index is 13.1. The number of carbonyl (C=O) groups excluding carboxylic acids is 2. The summed E-state index contributed by atoms with van der Waals surface area (Å²) >= 11 is 0. The average molecular weight is 515 g/mol. The average Bonchev–Trinajstić information content (AvgIpc) is 3.12. The molecule has 0 bridgehead atoms. The van der Waals surface area contributed by atoms with Gasteiger partial charge >= 0.3 is 0 Å². The van der Waals surface area contributed by atoms with E-state index in [0.717, 1.165) is 4.31 Å². The van der Waals surface area contributed by atoms with Gasteiger partial charge in [0.1, 0.15) is 18.1 Å². The smallest absolute Gasteiger partial charge is 0.295 e. The summed E-state index contributed by atoms with van der Waals surface area (Å²) in [4.78, 5) is 27.5. The van der Waals surface area contributed by atoms with Crippen LogP contribution in [0.5, 0.6) is 5.75 Å². The minimum atomic E-state index is -3.67. The predicted octanol–water partition coefficient (Wildman–Crippen LogP) is 2.96. The van der Waals surface area contributed by atoms with E-state index in [-0.39, 0.29) is 28.3 Å². The molecule has 10 heteroatoms. The molecule has 1 aliphatic heterocycles. The Morgan fingerprint density at radius 1 is 1.11 bits per heavy atom. The lowest BCUT2D eigenvalue weighted by Crippen LogP contribution is -2.31. The fraction of sp³-hybridized carbons (Fsp3) is 0.308. The second-order valence-electron chi connectivity index (χ2n) is 8.32. The molecule has 192 valence electrons. The zero-order valence-corrected chi connectivity index (χ0v) is 21.3. The van der Waals surface area contributed by atoms with E-state index in [0.29, 0.717) is 30.9 Å². The Kier molecular flexibility index (Phi) is 8.67. The van der Waals surface area contributed by atoms with Crippen LogP contribution in [0, 0.1) is 0 Å². The van der Waals surface area contributed by atoms with Crippen LogP contribution >= 0.6 is 0 Å². The molecule has 0 spiro atoms. The molecule has 0 saturated carbocycles. The van der Waals surface area contributed by atoms with Gasteiger partial charge in [0.05, 0.1) is 16.5 Å². The van der Waals surface area contributed by atoms with E-state index in [1.165, 1.54) is 43.3 Å². The molecule has 2 aromatic rings. The summed E-state index contributed by atoms with van der Waals surface area (Å²) in [6.07, 6.45) is 2.12. The Hall–Kier alpha value is -3.47. The number of aliphatic hydroxyl groups excluding tert-OH is 1. The highest BCUT2D eigenvalue weighted by molar-refractivity contribution is 7.89. The molecule has 0 unspecified atom stereocenters. The highest BCUT2D eigenvalue weighted by Gasteiger charge is 2.45. The summed E-state index contributed by atoms with van der Waals surface area (Å²) in [5.74, 6) is -1.33. The van der Waals surface area contributed by atoms with Crippen molar-refractivity contribution in [3.05, 3.63) is 77.9 Å². The number of nitrogens with zero attached hydrogens (tertiary/aromatic N) is 2. The number of amides is 1. The topological polar surface area (TPSA) is 113 Å². The van der Waals surface area contributed by atoms with Crippen molar-refractivity contribution in [1.82, 2.24) is 9.21 Å². The van der Waals surface area contributed by atoms with Crippen molar-refractivity contribution in [3.8, 4) is 5.75 Å². The first kappa shape index (κ1) is 27.1. The van der Waals surface area contributed by atoms with Crippen molar-refractivity contribution in [2.75, 3.05) is 41.0 Å². The van der Waals surface area contributed by atoms with Gasteiger partial charge in [-0.15, -0.1) is 0 Å². The Bertz CT molecular complexity index is 1250. The third-order valence-electron chi connectivity index (χ3n) is 5.76. The lowest BCUT2D eigenvalue weighted by Gasteiger charge is -2.25. The van der Waals surface area contributed by atoms with Crippen molar-refractivity contribution in [3.63, 3.8) is 0 Å². The first-order chi connectivity index (χ1) is 17.1. The van der Waals surface area contributed by atoms with Gasteiger partial charge in [-0.05, 0) is 48.4 Å². The molecule has 1 aliphatic rings. The van der Waals surface area contributed by atoms with Crippen molar-refractivity contribution in [2.45, 2.75) is 17.4 Å². The molecule has 3 rings (SSSR count). The number of sulfonamides is 1. The number of carbonyl (C=O) groups is 2. The number of benzene rings is 2. The molecule has 2 aromatic carbocycles. The van der Waals surface area contributed by atoms with Gasteiger partial charge in [0.15, 0.2) is 0 Å². The Morgan fingerprint density at radius 3 is 2.31 bits per heavy atom. The monoisotopic (exact) mass is 514 g/mol. The second kappa shape index (κ2) is 11.5. The van der Waals surface area contributed by atoms with Crippen LogP contribution < -0.4 is 4.74 Å². The molecular weight excluding hydrogens is 484 g/mol. The minimum Gasteiger partial charge on any atom is -0.507 e. The molecule has 1 heterocycles. The number of rotatable bonds is 11. The Labute approximate surface area is 211 Å². The van der Waals surface area contributed by atoms with Gasteiger partial charge < -0.3 is 19.5 Å². The maximum Gasteiger partial charge on any atom is 0.295 e. The van der Waals surface area contributed by atoms with E-state index in [4.69, 9.17) is 9.47 Å². The highest BCUT2D eigenvalue weighted by Crippen LogP contribution is 2.40. The Balaban J connectivity index is 2.07. The number of ketones is 1. The molecule has 9 nitrogen and oxygen atoms in total. The summed E-state index contributed by atoms with van der Waals surface area (Å²) in [6, 6.07) is 11.6. The van der Waals surface area contributed by atoms with Crippen LogP contribution in [0.4, 0.5) is 0 Å². The third-order valence-corrected chi connectivity index (χ3v) is 7.59. The molecule has 36 heavy (non-hydrogen) atoms. The molecule has 1 N–H and O–H groups in total. The SMILES string of the molecule is C=CCOc1ccc([C@@H]2C(=C(O)c3ccc(S(=O)(=O)N(C)C)cc3)C(=O)C(=O)N2CCCOC)cc1. The highest BCUT2D eigenvalue weighted by atomic mass is 32.2. The van der Waals surface area contributed by atoms with Gasteiger partial charge in [-0.3, -0.25) is 9.59 Å². The maximum atomic E-state index is 13.1. The normalized spacial score (nSPS) is 17.6. The van der Waals surface area contributed by atoms with Crippen molar-refractivity contribution in [2.24, 2.45) is 0 Å². The van der Waals surface area contributed by atoms with Crippen LogP contribution in [0.2, 0.25) is 0 Å². The summed E-state index contributed by atoms with van der Waals surface area (Å²) < 4.78 is 36.5. The number of hydrogen-bond donors (Lipinski definition) is 1. The van der Waals surface area contributed by atoms with Crippen LogP contribution in [0.3, 0.4) is 0 Å². The molecule has 0 radical (unpaired) electrons. The quantitative estimate of drug-likeness (QED) is 0.161. The number of likely N-dealkylation sites (tertiary alicyclic amines) is 1. The first-order valence-corrected chi connectivity index (χ1v) is 12.7. The first-order valence-electron chi connectivity index (χ1n) is 11.3. The summed E-state index contributed by atoms with van der Waals surface area (Å²) in [7, 11) is 0.719. The number of ether oxygens (including phenoxy) is 2.